The van der Waals surface area contributed by atoms with Gasteiger partial charge in [0.05, 0.1) is 5.54 Å². The highest BCUT2D eigenvalue weighted by Gasteiger charge is 2.26. The largest absolute Gasteiger partial charge is 0.470 e. The number of amides is 1. The van der Waals surface area contributed by atoms with Gasteiger partial charge in [-0.2, -0.15) is 0 Å². The van der Waals surface area contributed by atoms with Gasteiger partial charge in [0.2, 0.25) is 5.44 Å². The van der Waals surface area contributed by atoms with Gasteiger partial charge in [-0.1, -0.05) is 17.8 Å². The van der Waals surface area contributed by atoms with E-state index in [1.807, 2.05) is 0 Å². The van der Waals surface area contributed by atoms with E-state index < -0.39 is 16.8 Å². The molecule has 0 aliphatic heterocycles. The zero-order valence-corrected chi connectivity index (χ0v) is 16.9. The predicted octanol–water partition coefficient (Wildman–Crippen LogP) is 2.97. The summed E-state index contributed by atoms with van der Waals surface area (Å²) in [6, 6.07) is 4.44. The van der Waals surface area contributed by atoms with Gasteiger partial charge in [-0.3, -0.25) is 9.78 Å². The van der Waals surface area contributed by atoms with Crippen LogP contribution in [0.5, 0.6) is 5.75 Å². The Morgan fingerprint density at radius 1 is 1.43 bits per heavy atom. The molecule has 2 rings (SSSR count). The molecular weight excluding hydrogens is 379 g/mol. The van der Waals surface area contributed by atoms with E-state index in [-0.39, 0.29) is 23.8 Å². The van der Waals surface area contributed by atoms with Gasteiger partial charge in [0.15, 0.2) is 5.82 Å². The third kappa shape index (κ3) is 5.63. The van der Waals surface area contributed by atoms with Crippen molar-refractivity contribution in [2.45, 2.75) is 24.8 Å². The number of ether oxygens (including phenoxy) is 2. The minimum atomic E-state index is -0.885. The van der Waals surface area contributed by atoms with Crippen LogP contribution < -0.4 is 10.1 Å². The van der Waals surface area contributed by atoms with Crippen molar-refractivity contribution in [3.63, 3.8) is 0 Å². The molecule has 1 aromatic heterocycles. The summed E-state index contributed by atoms with van der Waals surface area (Å²) >= 11 is 1.18. The number of carbonyl (C=O) groups excluding carboxylic acids is 1. The highest BCUT2D eigenvalue weighted by molar-refractivity contribution is 7.99. The van der Waals surface area contributed by atoms with Gasteiger partial charge in [0, 0.05) is 30.3 Å². The molecule has 146 valence electrons. The number of hydrogen-bond acceptors (Lipinski definition) is 5. The monoisotopic (exact) mass is 400 g/mol. The molecule has 0 bridgehead atoms. The van der Waals surface area contributed by atoms with E-state index in [0.717, 1.165) is 0 Å². The topological polar surface area (TPSA) is 60.5 Å². The molecular formula is C21H21FN2O3S. The number of aromatic nitrogens is 1. The van der Waals surface area contributed by atoms with Crippen molar-refractivity contribution in [1.82, 2.24) is 10.3 Å². The molecule has 1 aromatic carbocycles. The van der Waals surface area contributed by atoms with Crippen molar-refractivity contribution >= 4 is 28.6 Å². The zero-order valence-electron chi connectivity index (χ0n) is 16.1. The Labute approximate surface area is 168 Å². The molecule has 0 spiro atoms. The van der Waals surface area contributed by atoms with Crippen molar-refractivity contribution in [3.8, 4) is 29.9 Å². The highest BCUT2D eigenvalue weighted by Crippen LogP contribution is 2.26. The van der Waals surface area contributed by atoms with Gasteiger partial charge in [-0.15, -0.1) is 18.2 Å². The van der Waals surface area contributed by atoms with Gasteiger partial charge in [0.25, 0.3) is 5.91 Å². The number of benzene rings is 1. The lowest BCUT2D eigenvalue weighted by atomic mass is 10.1. The minimum absolute atomic E-state index is 0.186. The Bertz CT molecular complexity index is 973. The summed E-state index contributed by atoms with van der Waals surface area (Å²) < 4.78 is 25.0. The van der Waals surface area contributed by atoms with E-state index in [9.17, 15) is 9.18 Å². The molecule has 0 radical (unpaired) electrons. The number of rotatable bonds is 6. The average molecular weight is 400 g/mol. The van der Waals surface area contributed by atoms with Crippen LogP contribution in [0.25, 0.3) is 10.9 Å². The number of carbonyl (C=O) groups is 1. The Kier molecular flexibility index (Phi) is 7.28. The molecule has 2 aromatic rings. The van der Waals surface area contributed by atoms with Crippen LogP contribution in [-0.4, -0.2) is 41.8 Å². The van der Waals surface area contributed by atoms with Gasteiger partial charge < -0.3 is 14.8 Å². The number of nitrogens with one attached hydrogen (secondary N) is 1. The van der Waals surface area contributed by atoms with Crippen LogP contribution in [0.3, 0.4) is 0 Å². The quantitative estimate of drug-likeness (QED) is 0.597. The van der Waals surface area contributed by atoms with Crippen molar-refractivity contribution in [2.24, 2.45) is 0 Å². The minimum Gasteiger partial charge on any atom is -0.470 e. The molecule has 0 aliphatic rings. The first-order valence-corrected chi connectivity index (χ1v) is 9.65. The highest BCUT2D eigenvalue weighted by atomic mass is 32.2. The fraction of sp³-hybridized carbons (Fsp3) is 0.333. The Hall–Kier alpha value is -2.74. The second-order valence-corrected chi connectivity index (χ2v) is 7.28. The van der Waals surface area contributed by atoms with Crippen molar-refractivity contribution in [2.75, 3.05) is 20.0 Å². The molecule has 1 N–H and O–H groups in total. The lowest BCUT2D eigenvalue weighted by molar-refractivity contribution is -0.125. The fourth-order valence-corrected chi connectivity index (χ4v) is 2.87. The summed E-state index contributed by atoms with van der Waals surface area (Å²) in [5, 5.41) is 3.31. The number of methoxy groups -OCH3 is 1. The third-order valence-electron chi connectivity index (χ3n) is 3.60. The van der Waals surface area contributed by atoms with Crippen molar-refractivity contribution in [3.05, 3.63) is 35.8 Å². The van der Waals surface area contributed by atoms with Gasteiger partial charge in [0.1, 0.15) is 17.9 Å². The Balaban J connectivity index is 2.21. The third-order valence-corrected chi connectivity index (χ3v) is 4.34. The molecule has 28 heavy (non-hydrogen) atoms. The van der Waals surface area contributed by atoms with Crippen LogP contribution >= 0.6 is 11.8 Å². The standard InChI is InChI=1S/C21H21FN2O3S/c1-6-14-10-15-11-16(12-17(22)18(15)23-13-14)27-20(28-5)19(25)24-21(2,3)8-7-9-26-4/h1,10-13,20H,9H2,2-5H3,(H,24,25). The number of terminal acetylenes is 1. The molecule has 1 heterocycles. The second-order valence-electron chi connectivity index (χ2n) is 6.38. The number of thioether (sulfide) groups is 1. The molecule has 1 atom stereocenters. The molecule has 0 fully saturated rings. The fourth-order valence-electron chi connectivity index (χ4n) is 2.39. The average Bonchev–Trinajstić information content (AvgIpc) is 2.65. The summed E-state index contributed by atoms with van der Waals surface area (Å²) in [4.78, 5) is 16.6. The number of hydrogen-bond donors (Lipinski definition) is 1. The first-order chi connectivity index (χ1) is 13.3. The number of fused-ring (bicyclic) bond motifs is 1. The van der Waals surface area contributed by atoms with E-state index in [1.54, 1.807) is 39.3 Å². The van der Waals surface area contributed by atoms with Crippen LogP contribution in [0.1, 0.15) is 19.4 Å². The zero-order chi connectivity index (χ0) is 20.7. The summed E-state index contributed by atoms with van der Waals surface area (Å²) in [6.07, 6.45) is 8.52. The summed E-state index contributed by atoms with van der Waals surface area (Å²) in [5.41, 5.74) is -0.942. The van der Waals surface area contributed by atoms with Crippen LogP contribution in [0.15, 0.2) is 24.4 Å². The second kappa shape index (κ2) is 9.45. The van der Waals surface area contributed by atoms with E-state index in [1.165, 1.54) is 24.0 Å². The maximum absolute atomic E-state index is 14.4. The van der Waals surface area contributed by atoms with Gasteiger partial charge in [-0.25, -0.2) is 4.39 Å². The van der Waals surface area contributed by atoms with E-state index in [2.05, 4.69) is 28.1 Å². The first kappa shape index (κ1) is 21.6. The Morgan fingerprint density at radius 2 is 2.18 bits per heavy atom. The first-order valence-electron chi connectivity index (χ1n) is 8.36. The SMILES string of the molecule is C#Cc1cnc2c(F)cc(OC(SC)C(=O)NC(C)(C)C#CCOC)cc2c1. The number of nitrogens with zero attached hydrogens (tertiary/aromatic N) is 1. The van der Waals surface area contributed by atoms with Crippen LogP contribution in [0.2, 0.25) is 0 Å². The van der Waals surface area contributed by atoms with Crippen LogP contribution in [0, 0.1) is 30.0 Å². The lowest BCUT2D eigenvalue weighted by Gasteiger charge is -2.24. The normalized spacial score (nSPS) is 11.9. The lowest BCUT2D eigenvalue weighted by Crippen LogP contribution is -2.47. The molecule has 0 aliphatic carbocycles. The van der Waals surface area contributed by atoms with E-state index in [4.69, 9.17) is 15.9 Å². The smallest absolute Gasteiger partial charge is 0.272 e. The maximum atomic E-state index is 14.4. The van der Waals surface area contributed by atoms with Crippen molar-refractivity contribution in [1.29, 1.82) is 0 Å². The van der Waals surface area contributed by atoms with Crippen LogP contribution in [0.4, 0.5) is 4.39 Å². The maximum Gasteiger partial charge on any atom is 0.272 e. The predicted molar refractivity (Wildman–Crippen MR) is 109 cm³/mol. The van der Waals surface area contributed by atoms with Gasteiger partial charge in [-0.05, 0) is 32.2 Å². The summed E-state index contributed by atoms with van der Waals surface area (Å²) in [5.74, 6) is 7.48. The Morgan fingerprint density at radius 3 is 2.82 bits per heavy atom. The van der Waals surface area contributed by atoms with Crippen LogP contribution in [-0.2, 0) is 9.53 Å². The van der Waals surface area contributed by atoms with E-state index >= 15 is 0 Å². The molecule has 0 saturated carbocycles. The summed E-state index contributed by atoms with van der Waals surface area (Å²) in [7, 11) is 1.54. The van der Waals surface area contributed by atoms with E-state index in [0.29, 0.717) is 10.9 Å². The molecule has 1 unspecified atom stereocenters. The molecule has 1 amide bonds. The molecule has 7 heteroatoms. The number of pyridine rings is 1. The number of halogens is 1. The molecule has 0 saturated heterocycles. The summed E-state index contributed by atoms with van der Waals surface area (Å²) in [6.45, 7) is 3.81. The van der Waals surface area contributed by atoms with Crippen molar-refractivity contribution < 1.29 is 18.7 Å². The van der Waals surface area contributed by atoms with Gasteiger partial charge >= 0.3 is 0 Å². The molecule has 5 nitrogen and oxygen atoms in total.